The number of hydrogen-bond donors (Lipinski definition) is 2. The lowest BCUT2D eigenvalue weighted by Gasteiger charge is -2.22. The summed E-state index contributed by atoms with van der Waals surface area (Å²) in [4.78, 5) is 41.8. The van der Waals surface area contributed by atoms with Crippen molar-refractivity contribution in [1.29, 1.82) is 0 Å². The van der Waals surface area contributed by atoms with E-state index in [-0.39, 0.29) is 48.8 Å². The first-order valence-electron chi connectivity index (χ1n) is 45.4. The average molecular weight is 1540 g/mol. The fourth-order valence-electron chi connectivity index (χ4n) is 15.6. The molecule has 8 atom stereocenters. The quantitative estimate of drug-likeness (QED) is 0.0343. The third-order valence-corrected chi connectivity index (χ3v) is 22.4. The van der Waals surface area contributed by atoms with Crippen LogP contribution in [0.3, 0.4) is 0 Å². The maximum absolute atomic E-state index is 7.14. The van der Waals surface area contributed by atoms with E-state index in [1.54, 1.807) is 0 Å². The van der Waals surface area contributed by atoms with Crippen molar-refractivity contribution in [2.75, 3.05) is 0 Å². The van der Waals surface area contributed by atoms with Gasteiger partial charge in [0.1, 0.15) is 22.6 Å². The van der Waals surface area contributed by atoms with Crippen molar-refractivity contribution in [3.05, 3.63) is 48.5 Å². The van der Waals surface area contributed by atoms with E-state index >= 15 is 0 Å². The maximum atomic E-state index is 7.14. The molecule has 2 aliphatic heterocycles. The number of fused-ring (bicyclic) bond motifs is 20. The Morgan fingerprint density at radius 2 is 0.357 bits per heavy atom. The number of benzene rings is 4. The zero-order valence-electron chi connectivity index (χ0n) is 72.5. The lowest BCUT2D eigenvalue weighted by Crippen LogP contribution is -2.16. The Kier molecular flexibility index (Phi) is 37.1. The number of ether oxygens (including phenoxy) is 8. The smallest absolute Gasteiger partial charge is 0.164 e. The topological polar surface area (TPSA) is 183 Å². The van der Waals surface area contributed by atoms with Gasteiger partial charge in [0.25, 0.3) is 0 Å². The molecular formula is C96H146N8O8. The highest BCUT2D eigenvalue weighted by molar-refractivity contribution is 6.08. The molecule has 4 aromatic carbocycles. The zero-order valence-corrected chi connectivity index (χ0v) is 72.5. The average Bonchev–Trinajstić information content (AvgIpc) is 1.59. The summed E-state index contributed by atoms with van der Waals surface area (Å²) in [6.07, 6.45) is 43.1. The first-order valence-corrected chi connectivity index (χ1v) is 45.4. The minimum absolute atomic E-state index is 0.0910. The van der Waals surface area contributed by atoms with Gasteiger partial charge in [-0.15, -0.1) is 0 Å². The first-order chi connectivity index (χ1) is 54.5. The third-order valence-electron chi connectivity index (χ3n) is 22.4. The molecule has 16 nitrogen and oxygen atoms in total. The standard InChI is InChI=1S/C96H146N8O8/c1-17-25-33-41-49-65(9)105-81-57-73-74(58-82(81)106-66(10)50-42-34-26-18-2)90-97-89(73)101-91-75-59-83(107-67(11)51-43-35-27-19-3)84(108-68(12)52-44-36-28-20-4)60-76(75)93(98-91)103-95-79-63-87(111-71(15)55-47-39-31-23-7)88(112-72(16)56-48-40-32-24-8)64-80(79)96(100-95)104-94-78-62-86(110-70(14)54-46-38-30-22-6)85(61-77(78)92(99-94)102-90)109-69(13)53-45-37-29-21-5/h57-72H,17-56H2,1-16H3,(H2,97,98,99,100,101,102,103,104). The molecule has 0 aliphatic carbocycles. The highest BCUT2D eigenvalue weighted by Gasteiger charge is 2.30. The molecular weight excluding hydrogens is 1390 g/mol. The van der Waals surface area contributed by atoms with Gasteiger partial charge in [0.15, 0.2) is 69.3 Å². The largest absolute Gasteiger partial charge is 0.487 e. The first kappa shape index (κ1) is 88.6. The minimum atomic E-state index is -0.0930. The van der Waals surface area contributed by atoms with Crippen molar-refractivity contribution >= 4 is 44.1 Å². The molecule has 16 heteroatoms. The Morgan fingerprint density at radius 1 is 0.205 bits per heavy atom. The van der Waals surface area contributed by atoms with Crippen molar-refractivity contribution in [2.24, 2.45) is 0 Å². The summed E-state index contributed by atoms with van der Waals surface area (Å²) in [5.41, 5.74) is 5.18. The van der Waals surface area contributed by atoms with E-state index in [0.29, 0.717) is 91.9 Å². The summed E-state index contributed by atoms with van der Waals surface area (Å²) < 4.78 is 57.1. The molecule has 0 fully saturated rings. The van der Waals surface area contributed by atoms with Crippen molar-refractivity contribution < 1.29 is 37.9 Å². The molecule has 0 amide bonds. The van der Waals surface area contributed by atoms with Gasteiger partial charge in [-0.05, 0) is 207 Å². The van der Waals surface area contributed by atoms with Crippen LogP contribution in [0.15, 0.2) is 48.5 Å². The Hall–Kier alpha value is -7.36. The Bertz CT molecular complexity index is 3640. The van der Waals surface area contributed by atoms with Crippen molar-refractivity contribution in [2.45, 2.75) is 416 Å². The van der Waals surface area contributed by atoms with Crippen LogP contribution in [0.25, 0.3) is 89.7 Å². The number of aromatic amines is 2. The van der Waals surface area contributed by atoms with Gasteiger partial charge < -0.3 is 47.9 Å². The van der Waals surface area contributed by atoms with Crippen molar-refractivity contribution in [3.8, 4) is 91.5 Å². The fraction of sp³-hybridized carbons (Fsp3) is 0.667. The van der Waals surface area contributed by atoms with Gasteiger partial charge in [-0.1, -0.05) is 209 Å². The van der Waals surface area contributed by atoms with Crippen LogP contribution in [0.5, 0.6) is 46.0 Å². The van der Waals surface area contributed by atoms with E-state index in [2.05, 4.69) is 169 Å². The van der Waals surface area contributed by atoms with E-state index < -0.39 is 0 Å². The Morgan fingerprint density at radius 3 is 0.509 bits per heavy atom. The van der Waals surface area contributed by atoms with Crippen LogP contribution in [-0.4, -0.2) is 88.7 Å². The fourth-order valence-corrected chi connectivity index (χ4v) is 15.6. The van der Waals surface area contributed by atoms with Crippen LogP contribution >= 0.6 is 0 Å². The third kappa shape index (κ3) is 26.3. The molecule has 2 N–H and O–H groups in total. The van der Waals surface area contributed by atoms with Crippen LogP contribution in [0, 0.1) is 0 Å². The highest BCUT2D eigenvalue weighted by atomic mass is 16.5. The predicted molar refractivity (Wildman–Crippen MR) is 467 cm³/mol. The van der Waals surface area contributed by atoms with Gasteiger partial charge in [0.2, 0.25) is 0 Å². The molecule has 0 saturated heterocycles. The Balaban J connectivity index is 1.41. The number of nitrogens with zero attached hydrogens (tertiary/aromatic N) is 6. The Labute approximate surface area is 674 Å². The molecule has 0 radical (unpaired) electrons. The second-order valence-corrected chi connectivity index (χ2v) is 33.2. The van der Waals surface area contributed by atoms with Gasteiger partial charge in [0.05, 0.1) is 48.8 Å². The van der Waals surface area contributed by atoms with Crippen LogP contribution in [0.2, 0.25) is 0 Å². The molecule has 8 bridgehead atoms. The summed E-state index contributed by atoms with van der Waals surface area (Å²) in [5.74, 6) is 7.02. The normalized spacial score (nSPS) is 14.1. The van der Waals surface area contributed by atoms with Crippen molar-refractivity contribution in [3.63, 3.8) is 0 Å². The molecule has 0 saturated carbocycles. The molecule has 112 heavy (non-hydrogen) atoms. The maximum Gasteiger partial charge on any atom is 0.164 e. The summed E-state index contributed by atoms with van der Waals surface area (Å²) in [7, 11) is 0. The van der Waals surface area contributed by atoms with E-state index in [9.17, 15) is 0 Å². The van der Waals surface area contributed by atoms with Crippen LogP contribution < -0.4 is 37.9 Å². The number of hydrogen-bond acceptors (Lipinski definition) is 14. The number of aromatic nitrogens is 8. The van der Waals surface area contributed by atoms with Crippen LogP contribution in [0.4, 0.5) is 0 Å². The van der Waals surface area contributed by atoms with Crippen LogP contribution in [-0.2, 0) is 0 Å². The van der Waals surface area contributed by atoms with Gasteiger partial charge in [0, 0.05) is 43.8 Å². The molecule has 7 aromatic rings. The van der Waals surface area contributed by atoms with Gasteiger partial charge in [-0.25, -0.2) is 29.9 Å². The van der Waals surface area contributed by atoms with Gasteiger partial charge in [-0.3, -0.25) is 0 Å². The second-order valence-electron chi connectivity index (χ2n) is 33.2. The number of H-pyrrole nitrogens is 2. The van der Waals surface area contributed by atoms with E-state index in [1.165, 1.54) is 51.4 Å². The van der Waals surface area contributed by atoms with E-state index in [0.717, 1.165) is 249 Å². The van der Waals surface area contributed by atoms with Crippen LogP contribution in [0.1, 0.15) is 368 Å². The molecule has 618 valence electrons. The van der Waals surface area contributed by atoms with E-state index in [1.807, 2.05) is 0 Å². The van der Waals surface area contributed by atoms with Gasteiger partial charge in [-0.2, -0.15) is 0 Å². The molecule has 0 spiro atoms. The summed E-state index contributed by atoms with van der Waals surface area (Å²) in [6, 6.07) is 16.8. The summed E-state index contributed by atoms with van der Waals surface area (Å²) in [5, 5.41) is 3.14. The summed E-state index contributed by atoms with van der Waals surface area (Å²) in [6.45, 7) is 35.5. The lowest BCUT2D eigenvalue weighted by atomic mass is 10.1. The second kappa shape index (κ2) is 46.9. The lowest BCUT2D eigenvalue weighted by molar-refractivity contribution is 0.168. The monoisotopic (exact) mass is 1540 g/mol. The number of unbranched alkanes of at least 4 members (excludes halogenated alkanes) is 24. The van der Waals surface area contributed by atoms with Gasteiger partial charge >= 0.3 is 0 Å². The van der Waals surface area contributed by atoms with E-state index in [4.69, 9.17) is 67.8 Å². The minimum Gasteiger partial charge on any atom is -0.487 e. The molecule has 9 rings (SSSR count). The molecule has 3 aromatic heterocycles. The number of rotatable bonds is 56. The predicted octanol–water partition coefficient (Wildman–Crippen LogP) is 28.8. The molecule has 8 unspecified atom stereocenters. The zero-order chi connectivity index (χ0) is 79.7. The molecule has 2 aliphatic rings. The SMILES string of the molecule is CCCCCCC(C)Oc1cc2c(cc1OC(C)CCCCCC)-c1nc-2nc2[nH]c(nc3nc(nc4[nH]c(n1)c1cc(OC(C)CCCCCC)c(OC(C)CCCCCC)cc41)-c1cc(OC(C)CCCCCC)c(OC(C)CCCCCC)cc1-3)c1cc(OC(C)CCCCCC)c(OC(C)CCCCCC)cc21. The molecule has 5 heterocycles. The summed E-state index contributed by atoms with van der Waals surface area (Å²) >= 11 is 0. The highest BCUT2D eigenvalue weighted by Crippen LogP contribution is 2.48. The van der Waals surface area contributed by atoms with Crippen molar-refractivity contribution in [1.82, 2.24) is 39.9 Å². The number of nitrogens with one attached hydrogen (secondary N) is 2.